The zero-order valence-corrected chi connectivity index (χ0v) is 11.7. The lowest BCUT2D eigenvalue weighted by Crippen LogP contribution is -2.47. The topological polar surface area (TPSA) is 42.0 Å². The van der Waals surface area contributed by atoms with Gasteiger partial charge in [0.2, 0.25) is 5.91 Å². The fraction of sp³-hybridized carbons (Fsp3) is 0.250. The number of amides is 1. The minimum atomic E-state index is -4.50. The second kappa shape index (κ2) is 7.06. The molecule has 1 aromatic heterocycles. The monoisotopic (exact) mass is 308 g/mol. The number of hydrogen-bond donors (Lipinski definition) is 1. The fourth-order valence-electron chi connectivity index (χ4n) is 2.03. The van der Waals surface area contributed by atoms with Crippen LogP contribution in [-0.2, 0) is 17.6 Å². The Morgan fingerprint density at radius 3 is 2.36 bits per heavy atom. The lowest BCUT2D eigenvalue weighted by atomic mass is 10.1. The summed E-state index contributed by atoms with van der Waals surface area (Å²) in [6.07, 6.45) is -1.92. The standard InChI is InChI=1S/C16H15F3N2O/c17-16(18,19)14(9-12-5-2-1-3-6-12)21-15(22)10-13-7-4-8-20-11-13/h1-8,11,14H,9-10H2,(H,21,22)/t14-/m1/s1. The highest BCUT2D eigenvalue weighted by Crippen LogP contribution is 2.23. The molecule has 0 saturated carbocycles. The Bertz CT molecular complexity index is 600. The van der Waals surface area contributed by atoms with E-state index in [1.807, 2.05) is 0 Å². The number of benzene rings is 1. The molecule has 0 spiro atoms. The molecule has 1 N–H and O–H groups in total. The number of carbonyl (C=O) groups excluding carboxylic acids is 1. The predicted molar refractivity (Wildman–Crippen MR) is 76.1 cm³/mol. The average molecular weight is 308 g/mol. The van der Waals surface area contributed by atoms with Crippen molar-refractivity contribution >= 4 is 5.91 Å². The molecule has 3 nitrogen and oxygen atoms in total. The van der Waals surface area contributed by atoms with E-state index in [9.17, 15) is 18.0 Å². The number of nitrogens with zero attached hydrogens (tertiary/aromatic N) is 1. The third-order valence-electron chi connectivity index (χ3n) is 3.10. The summed E-state index contributed by atoms with van der Waals surface area (Å²) in [6, 6.07) is 9.64. The van der Waals surface area contributed by atoms with Crippen molar-refractivity contribution < 1.29 is 18.0 Å². The number of alkyl halides is 3. The summed E-state index contributed by atoms with van der Waals surface area (Å²) in [5.41, 5.74) is 1.09. The van der Waals surface area contributed by atoms with Crippen molar-refractivity contribution in [3.8, 4) is 0 Å². The number of aromatic nitrogens is 1. The highest BCUT2D eigenvalue weighted by molar-refractivity contribution is 5.78. The van der Waals surface area contributed by atoms with E-state index < -0.39 is 18.1 Å². The molecule has 0 fully saturated rings. The quantitative estimate of drug-likeness (QED) is 0.923. The van der Waals surface area contributed by atoms with Crippen LogP contribution in [0.25, 0.3) is 0 Å². The Morgan fingerprint density at radius 1 is 1.09 bits per heavy atom. The van der Waals surface area contributed by atoms with Crippen LogP contribution in [0.15, 0.2) is 54.9 Å². The van der Waals surface area contributed by atoms with E-state index in [4.69, 9.17) is 0 Å². The van der Waals surface area contributed by atoms with E-state index >= 15 is 0 Å². The molecule has 6 heteroatoms. The average Bonchev–Trinajstić information content (AvgIpc) is 2.48. The molecular formula is C16H15F3N2O. The third-order valence-corrected chi connectivity index (χ3v) is 3.10. The molecule has 2 rings (SSSR count). The summed E-state index contributed by atoms with van der Waals surface area (Å²) < 4.78 is 39.2. The predicted octanol–water partition coefficient (Wildman–Crippen LogP) is 2.91. The maximum Gasteiger partial charge on any atom is 0.408 e. The summed E-state index contributed by atoms with van der Waals surface area (Å²) in [7, 11) is 0. The summed E-state index contributed by atoms with van der Waals surface area (Å²) in [5, 5.41) is 2.06. The van der Waals surface area contributed by atoms with Gasteiger partial charge in [0.1, 0.15) is 6.04 Å². The normalized spacial score (nSPS) is 12.7. The number of hydrogen-bond acceptors (Lipinski definition) is 2. The number of nitrogens with one attached hydrogen (secondary N) is 1. The van der Waals surface area contributed by atoms with Gasteiger partial charge in [-0.1, -0.05) is 36.4 Å². The Labute approximate surface area is 126 Å². The van der Waals surface area contributed by atoms with Gasteiger partial charge in [-0.15, -0.1) is 0 Å². The van der Waals surface area contributed by atoms with E-state index in [1.165, 1.54) is 12.4 Å². The molecule has 1 amide bonds. The minimum absolute atomic E-state index is 0.130. The molecular weight excluding hydrogens is 293 g/mol. The van der Waals surface area contributed by atoms with Gasteiger partial charge in [0.05, 0.1) is 6.42 Å². The molecule has 0 saturated heterocycles. The van der Waals surface area contributed by atoms with Crippen LogP contribution in [0.1, 0.15) is 11.1 Å². The summed E-state index contributed by atoms with van der Waals surface area (Å²) in [5.74, 6) is -0.675. The highest BCUT2D eigenvalue weighted by atomic mass is 19.4. The van der Waals surface area contributed by atoms with Crippen molar-refractivity contribution in [2.24, 2.45) is 0 Å². The number of halogens is 3. The molecule has 22 heavy (non-hydrogen) atoms. The highest BCUT2D eigenvalue weighted by Gasteiger charge is 2.40. The van der Waals surface area contributed by atoms with Crippen LogP contribution < -0.4 is 5.32 Å². The first kappa shape index (κ1) is 16.0. The van der Waals surface area contributed by atoms with Gasteiger partial charge in [-0.3, -0.25) is 9.78 Å². The number of carbonyl (C=O) groups is 1. The lowest BCUT2D eigenvalue weighted by Gasteiger charge is -2.21. The summed E-state index contributed by atoms with van der Waals surface area (Å²) >= 11 is 0. The Kier molecular flexibility index (Phi) is 5.14. The van der Waals surface area contributed by atoms with Crippen molar-refractivity contribution in [2.45, 2.75) is 25.1 Å². The molecule has 0 aliphatic carbocycles. The van der Waals surface area contributed by atoms with E-state index in [0.717, 1.165) is 0 Å². The number of pyridine rings is 1. The van der Waals surface area contributed by atoms with Crippen LogP contribution in [0.2, 0.25) is 0 Å². The molecule has 2 aromatic rings. The third kappa shape index (κ3) is 4.87. The van der Waals surface area contributed by atoms with Gasteiger partial charge in [0.25, 0.3) is 0 Å². The first-order valence-electron chi connectivity index (χ1n) is 6.74. The second-order valence-corrected chi connectivity index (χ2v) is 4.89. The van der Waals surface area contributed by atoms with Gasteiger partial charge in [-0.25, -0.2) is 0 Å². The molecule has 1 aromatic carbocycles. The molecule has 0 aliphatic rings. The Morgan fingerprint density at radius 2 is 1.77 bits per heavy atom. The van der Waals surface area contributed by atoms with E-state index in [0.29, 0.717) is 11.1 Å². The van der Waals surface area contributed by atoms with Gasteiger partial charge in [-0.05, 0) is 17.2 Å². The molecule has 0 bridgehead atoms. The van der Waals surface area contributed by atoms with Gasteiger partial charge in [-0.2, -0.15) is 13.2 Å². The SMILES string of the molecule is O=C(Cc1cccnc1)N[C@H](Cc1ccccc1)C(F)(F)F. The second-order valence-electron chi connectivity index (χ2n) is 4.89. The Hall–Kier alpha value is -2.37. The Balaban J connectivity index is 2.02. The molecule has 116 valence electrons. The van der Waals surface area contributed by atoms with Crippen LogP contribution >= 0.6 is 0 Å². The zero-order valence-electron chi connectivity index (χ0n) is 11.7. The fourth-order valence-corrected chi connectivity index (χ4v) is 2.03. The van der Waals surface area contributed by atoms with Crippen molar-refractivity contribution in [1.82, 2.24) is 10.3 Å². The summed E-state index contributed by atoms with van der Waals surface area (Å²) in [4.78, 5) is 15.7. The molecule has 0 radical (unpaired) electrons. The molecule has 1 heterocycles. The van der Waals surface area contributed by atoms with Crippen molar-refractivity contribution in [1.29, 1.82) is 0 Å². The minimum Gasteiger partial charge on any atom is -0.344 e. The van der Waals surface area contributed by atoms with Crippen molar-refractivity contribution in [3.63, 3.8) is 0 Å². The van der Waals surface area contributed by atoms with E-state index in [2.05, 4.69) is 10.3 Å². The number of rotatable bonds is 5. The van der Waals surface area contributed by atoms with Crippen LogP contribution in [-0.4, -0.2) is 23.1 Å². The first-order valence-corrected chi connectivity index (χ1v) is 6.74. The van der Waals surface area contributed by atoms with E-state index in [1.54, 1.807) is 42.5 Å². The van der Waals surface area contributed by atoms with Crippen LogP contribution in [0.3, 0.4) is 0 Å². The van der Waals surface area contributed by atoms with Crippen LogP contribution in [0, 0.1) is 0 Å². The van der Waals surface area contributed by atoms with Crippen LogP contribution in [0.4, 0.5) is 13.2 Å². The largest absolute Gasteiger partial charge is 0.408 e. The van der Waals surface area contributed by atoms with Crippen molar-refractivity contribution in [2.75, 3.05) is 0 Å². The zero-order chi connectivity index (χ0) is 16.0. The lowest BCUT2D eigenvalue weighted by molar-refractivity contribution is -0.161. The van der Waals surface area contributed by atoms with Gasteiger partial charge < -0.3 is 5.32 Å². The maximum absolute atomic E-state index is 13.1. The van der Waals surface area contributed by atoms with Gasteiger partial charge >= 0.3 is 6.18 Å². The van der Waals surface area contributed by atoms with Crippen LogP contribution in [0.5, 0.6) is 0 Å². The van der Waals surface area contributed by atoms with Gasteiger partial charge in [0, 0.05) is 18.8 Å². The molecule has 0 aliphatic heterocycles. The maximum atomic E-state index is 13.1. The van der Waals surface area contributed by atoms with Crippen molar-refractivity contribution in [3.05, 3.63) is 66.0 Å². The first-order chi connectivity index (χ1) is 10.4. The van der Waals surface area contributed by atoms with Gasteiger partial charge in [0.15, 0.2) is 0 Å². The van der Waals surface area contributed by atoms with E-state index in [-0.39, 0.29) is 12.8 Å². The molecule has 1 atom stereocenters. The smallest absolute Gasteiger partial charge is 0.344 e. The summed E-state index contributed by atoms with van der Waals surface area (Å²) in [6.45, 7) is 0. The molecule has 0 unspecified atom stereocenters.